The van der Waals surface area contributed by atoms with Gasteiger partial charge < -0.3 is 5.32 Å². The number of benzene rings is 1. The molecule has 0 aromatic heterocycles. The van der Waals surface area contributed by atoms with Crippen LogP contribution >= 0.6 is 11.6 Å². The maximum absolute atomic E-state index is 13.1. The van der Waals surface area contributed by atoms with Gasteiger partial charge in [-0.15, -0.1) is 11.6 Å². The number of hydrogen-bond donors (Lipinski definition) is 1. The van der Waals surface area contributed by atoms with Gasteiger partial charge in [-0.1, -0.05) is 6.07 Å². The molecule has 1 aliphatic rings. The molecule has 1 nitrogen and oxygen atoms in total. The Morgan fingerprint density at radius 2 is 2.19 bits per heavy atom. The summed E-state index contributed by atoms with van der Waals surface area (Å²) >= 11 is 5.96. The first-order valence-electron chi connectivity index (χ1n) is 5.71. The number of alkyl halides is 1. The minimum atomic E-state index is -0.170. The molecule has 16 heavy (non-hydrogen) atoms. The molecule has 1 aromatic rings. The van der Waals surface area contributed by atoms with Crippen molar-refractivity contribution in [1.29, 1.82) is 0 Å². The van der Waals surface area contributed by atoms with Gasteiger partial charge in [0.2, 0.25) is 0 Å². The molecule has 0 unspecified atom stereocenters. The molecule has 0 aliphatic heterocycles. The van der Waals surface area contributed by atoms with Gasteiger partial charge in [0.1, 0.15) is 5.82 Å². The van der Waals surface area contributed by atoms with E-state index in [1.165, 1.54) is 12.5 Å². The van der Waals surface area contributed by atoms with Gasteiger partial charge in [0.15, 0.2) is 0 Å². The van der Waals surface area contributed by atoms with E-state index in [-0.39, 0.29) is 11.4 Å². The predicted octanol–water partition coefficient (Wildman–Crippen LogP) is 3.39. The molecule has 2 rings (SSSR count). The van der Waals surface area contributed by atoms with Crippen LogP contribution in [0.15, 0.2) is 18.2 Å². The highest BCUT2D eigenvalue weighted by atomic mass is 35.5. The first-order valence-corrected chi connectivity index (χ1v) is 6.25. The third-order valence-electron chi connectivity index (χ3n) is 3.53. The van der Waals surface area contributed by atoms with Gasteiger partial charge in [-0.2, -0.15) is 0 Å². The Morgan fingerprint density at radius 1 is 1.44 bits per heavy atom. The minimum absolute atomic E-state index is 0.0975. The highest BCUT2D eigenvalue weighted by Crippen LogP contribution is 2.33. The Morgan fingerprint density at radius 3 is 2.75 bits per heavy atom. The second-order valence-electron chi connectivity index (χ2n) is 4.69. The molecule has 1 N–H and O–H groups in total. The van der Waals surface area contributed by atoms with Gasteiger partial charge in [0, 0.05) is 18.0 Å². The zero-order chi connectivity index (χ0) is 11.6. The Labute approximate surface area is 101 Å². The summed E-state index contributed by atoms with van der Waals surface area (Å²) in [7, 11) is 0. The van der Waals surface area contributed by atoms with E-state index in [0.717, 1.165) is 24.0 Å². The topological polar surface area (TPSA) is 12.0 Å². The summed E-state index contributed by atoms with van der Waals surface area (Å²) in [5.74, 6) is 0.470. The van der Waals surface area contributed by atoms with Gasteiger partial charge in [0.05, 0.1) is 0 Å². The molecule has 0 bridgehead atoms. The summed E-state index contributed by atoms with van der Waals surface area (Å²) in [6, 6.07) is 4.92. The monoisotopic (exact) mass is 241 g/mol. The van der Waals surface area contributed by atoms with Crippen LogP contribution in [0, 0.1) is 12.7 Å². The molecule has 1 fully saturated rings. The Bertz CT molecular complexity index is 369. The van der Waals surface area contributed by atoms with Crippen LogP contribution in [0.25, 0.3) is 0 Å². The van der Waals surface area contributed by atoms with Crippen LogP contribution in [-0.2, 0) is 6.54 Å². The van der Waals surface area contributed by atoms with Crippen LogP contribution in [0.2, 0.25) is 0 Å². The standard InChI is InChI=1S/C13H17ClFN/c1-10-3-4-12(15)7-11(10)8-16-13(9-14)5-2-6-13/h3-4,7,16H,2,5-6,8-9H2,1H3. The molecule has 88 valence electrons. The Hall–Kier alpha value is -0.600. The molecule has 3 heteroatoms. The highest BCUT2D eigenvalue weighted by molar-refractivity contribution is 6.18. The summed E-state index contributed by atoms with van der Waals surface area (Å²) in [6.45, 7) is 2.71. The molecule has 0 atom stereocenters. The molecule has 0 amide bonds. The Balaban J connectivity index is 2.01. The van der Waals surface area contributed by atoms with Gasteiger partial charge in [-0.05, 0) is 49.4 Å². The van der Waals surface area contributed by atoms with Crippen molar-refractivity contribution in [2.75, 3.05) is 5.88 Å². The van der Waals surface area contributed by atoms with E-state index in [4.69, 9.17) is 11.6 Å². The lowest BCUT2D eigenvalue weighted by Gasteiger charge is -2.41. The van der Waals surface area contributed by atoms with Crippen molar-refractivity contribution in [2.45, 2.75) is 38.3 Å². The first kappa shape index (κ1) is 11.9. The molecule has 1 aliphatic carbocycles. The van der Waals surface area contributed by atoms with Crippen LogP contribution in [0.1, 0.15) is 30.4 Å². The van der Waals surface area contributed by atoms with Crippen molar-refractivity contribution in [3.05, 3.63) is 35.1 Å². The lowest BCUT2D eigenvalue weighted by atomic mass is 9.78. The largest absolute Gasteiger partial charge is 0.306 e. The lowest BCUT2D eigenvalue weighted by Crippen LogP contribution is -2.52. The molecule has 1 aromatic carbocycles. The zero-order valence-electron chi connectivity index (χ0n) is 9.52. The van der Waals surface area contributed by atoms with Crippen LogP contribution in [-0.4, -0.2) is 11.4 Å². The van der Waals surface area contributed by atoms with Crippen molar-refractivity contribution in [2.24, 2.45) is 0 Å². The SMILES string of the molecule is Cc1ccc(F)cc1CNC1(CCl)CCC1. The van der Waals surface area contributed by atoms with E-state index in [0.29, 0.717) is 12.4 Å². The fraction of sp³-hybridized carbons (Fsp3) is 0.538. The molecular weight excluding hydrogens is 225 g/mol. The lowest BCUT2D eigenvalue weighted by molar-refractivity contribution is 0.211. The fourth-order valence-electron chi connectivity index (χ4n) is 2.07. The summed E-state index contributed by atoms with van der Waals surface area (Å²) in [5, 5.41) is 3.47. The van der Waals surface area contributed by atoms with Gasteiger partial charge >= 0.3 is 0 Å². The first-order chi connectivity index (χ1) is 7.65. The maximum atomic E-state index is 13.1. The summed E-state index contributed by atoms with van der Waals surface area (Å²) in [4.78, 5) is 0. The number of nitrogens with one attached hydrogen (secondary N) is 1. The van der Waals surface area contributed by atoms with Crippen molar-refractivity contribution >= 4 is 11.6 Å². The molecule has 0 heterocycles. The van der Waals surface area contributed by atoms with Gasteiger partial charge in [0.25, 0.3) is 0 Å². The zero-order valence-corrected chi connectivity index (χ0v) is 10.3. The molecule has 1 saturated carbocycles. The van der Waals surface area contributed by atoms with E-state index in [2.05, 4.69) is 5.32 Å². The summed E-state index contributed by atoms with van der Waals surface area (Å²) in [5.41, 5.74) is 2.25. The van der Waals surface area contributed by atoms with E-state index < -0.39 is 0 Å². The second kappa shape index (κ2) is 4.72. The van der Waals surface area contributed by atoms with E-state index in [1.54, 1.807) is 6.07 Å². The number of hydrogen-bond acceptors (Lipinski definition) is 1. The van der Waals surface area contributed by atoms with Crippen molar-refractivity contribution in [1.82, 2.24) is 5.32 Å². The molecule has 0 saturated heterocycles. The van der Waals surface area contributed by atoms with E-state index >= 15 is 0 Å². The average molecular weight is 242 g/mol. The molecular formula is C13H17ClFN. The minimum Gasteiger partial charge on any atom is -0.306 e. The van der Waals surface area contributed by atoms with E-state index in [9.17, 15) is 4.39 Å². The van der Waals surface area contributed by atoms with Gasteiger partial charge in [-0.25, -0.2) is 4.39 Å². The molecule has 0 radical (unpaired) electrons. The summed E-state index contributed by atoms with van der Waals surface area (Å²) in [6.07, 6.45) is 3.50. The fourth-order valence-corrected chi connectivity index (χ4v) is 2.44. The van der Waals surface area contributed by atoms with Crippen LogP contribution in [0.4, 0.5) is 4.39 Å². The molecule has 0 spiro atoms. The second-order valence-corrected chi connectivity index (χ2v) is 4.96. The number of halogens is 2. The van der Waals surface area contributed by atoms with Crippen molar-refractivity contribution < 1.29 is 4.39 Å². The predicted molar refractivity (Wildman–Crippen MR) is 65.3 cm³/mol. The van der Waals surface area contributed by atoms with Crippen LogP contribution in [0.3, 0.4) is 0 Å². The van der Waals surface area contributed by atoms with Crippen LogP contribution in [0.5, 0.6) is 0 Å². The normalized spacial score (nSPS) is 18.2. The quantitative estimate of drug-likeness (QED) is 0.797. The number of aryl methyl sites for hydroxylation is 1. The third kappa shape index (κ3) is 2.38. The highest BCUT2D eigenvalue weighted by Gasteiger charge is 2.35. The van der Waals surface area contributed by atoms with Crippen molar-refractivity contribution in [3.63, 3.8) is 0 Å². The van der Waals surface area contributed by atoms with Crippen molar-refractivity contribution in [3.8, 4) is 0 Å². The van der Waals surface area contributed by atoms with E-state index in [1.807, 2.05) is 13.0 Å². The number of rotatable bonds is 4. The maximum Gasteiger partial charge on any atom is 0.123 e. The summed E-state index contributed by atoms with van der Waals surface area (Å²) < 4.78 is 13.1. The van der Waals surface area contributed by atoms with Gasteiger partial charge in [-0.3, -0.25) is 0 Å². The Kier molecular flexibility index (Phi) is 3.50. The van der Waals surface area contributed by atoms with Crippen LogP contribution < -0.4 is 5.32 Å². The third-order valence-corrected chi connectivity index (χ3v) is 4.04. The smallest absolute Gasteiger partial charge is 0.123 e. The average Bonchev–Trinajstić information content (AvgIpc) is 2.22.